The molecule has 0 saturated carbocycles. The average molecular weight is 480 g/mol. The summed E-state index contributed by atoms with van der Waals surface area (Å²) in [7, 11) is 4.01. The number of nitrogens with one attached hydrogen (secondary N) is 1. The van der Waals surface area contributed by atoms with E-state index in [4.69, 9.17) is 11.6 Å². The van der Waals surface area contributed by atoms with Crippen LogP contribution in [-0.4, -0.2) is 30.3 Å². The van der Waals surface area contributed by atoms with Gasteiger partial charge in [-0.1, -0.05) is 29.8 Å². The van der Waals surface area contributed by atoms with Gasteiger partial charge in [-0.25, -0.2) is 0 Å². The zero-order valence-corrected chi connectivity index (χ0v) is 20.1. The lowest BCUT2D eigenvalue weighted by Crippen LogP contribution is -2.12. The van der Waals surface area contributed by atoms with Crippen molar-refractivity contribution in [1.82, 2.24) is 9.88 Å². The summed E-state index contributed by atoms with van der Waals surface area (Å²) in [5.74, 6) is 0. The molecule has 0 bridgehead atoms. The molecule has 0 atom stereocenters. The number of halogens is 1. The van der Waals surface area contributed by atoms with E-state index in [1.54, 1.807) is 17.5 Å². The van der Waals surface area contributed by atoms with Crippen LogP contribution in [0.3, 0.4) is 0 Å². The predicted octanol–water partition coefficient (Wildman–Crippen LogP) is 7.12. The van der Waals surface area contributed by atoms with Crippen LogP contribution in [0.2, 0.25) is 5.02 Å². The highest BCUT2D eigenvalue weighted by molar-refractivity contribution is 8.00. The van der Waals surface area contributed by atoms with Gasteiger partial charge >= 0.3 is 0 Å². The number of aromatic nitrogens is 1. The lowest BCUT2D eigenvalue weighted by Gasteiger charge is -2.12. The van der Waals surface area contributed by atoms with E-state index in [0.717, 1.165) is 55.4 Å². The normalized spacial score (nSPS) is 11.0. The summed E-state index contributed by atoms with van der Waals surface area (Å²) in [6, 6.07) is 20.1. The van der Waals surface area contributed by atoms with Crippen molar-refractivity contribution in [2.75, 3.05) is 18.8 Å². The molecule has 0 aliphatic heterocycles. The molecule has 162 valence electrons. The average Bonchev–Trinajstić information content (AvgIpc) is 3.28. The van der Waals surface area contributed by atoms with Gasteiger partial charge in [0.15, 0.2) is 0 Å². The van der Waals surface area contributed by atoms with Gasteiger partial charge in [0.25, 0.3) is 0 Å². The SMILES string of the molecule is CN(C)Cc1cc(-c2ccc(-c3cncc(NSc4cccc(Cl)c4)c3)s2)ccc1C=O. The van der Waals surface area contributed by atoms with Crippen LogP contribution >= 0.6 is 34.9 Å². The van der Waals surface area contributed by atoms with Crippen LogP contribution in [-0.2, 0) is 6.54 Å². The molecular weight excluding hydrogens is 458 g/mol. The quantitative estimate of drug-likeness (QED) is 0.215. The van der Waals surface area contributed by atoms with Crippen LogP contribution < -0.4 is 4.72 Å². The predicted molar refractivity (Wildman–Crippen MR) is 137 cm³/mol. The van der Waals surface area contributed by atoms with Crippen LogP contribution in [0.1, 0.15) is 15.9 Å². The molecule has 2 heterocycles. The van der Waals surface area contributed by atoms with Crippen molar-refractivity contribution in [3.8, 4) is 20.9 Å². The number of pyridine rings is 1. The first kappa shape index (κ1) is 22.6. The first-order valence-corrected chi connectivity index (χ1v) is 12.0. The van der Waals surface area contributed by atoms with Gasteiger partial charge in [-0.05, 0) is 79.6 Å². The third-order valence-electron chi connectivity index (χ3n) is 4.75. The Morgan fingerprint density at radius 1 is 1.03 bits per heavy atom. The summed E-state index contributed by atoms with van der Waals surface area (Å²) in [6.45, 7) is 0.724. The van der Waals surface area contributed by atoms with Gasteiger partial charge in [0.1, 0.15) is 6.29 Å². The number of benzene rings is 2. The molecule has 0 unspecified atom stereocenters. The molecule has 4 nitrogen and oxygen atoms in total. The fourth-order valence-corrected chi connectivity index (χ4v) is 5.20. The largest absolute Gasteiger partial charge is 0.324 e. The third kappa shape index (κ3) is 5.58. The van der Waals surface area contributed by atoms with Crippen molar-refractivity contribution in [2.45, 2.75) is 11.4 Å². The Morgan fingerprint density at radius 3 is 2.59 bits per heavy atom. The number of carbonyl (C=O) groups is 1. The molecule has 1 N–H and O–H groups in total. The Bertz CT molecular complexity index is 1240. The maximum Gasteiger partial charge on any atom is 0.150 e. The lowest BCUT2D eigenvalue weighted by atomic mass is 10.0. The highest BCUT2D eigenvalue weighted by atomic mass is 35.5. The van der Waals surface area contributed by atoms with Crippen molar-refractivity contribution >= 4 is 46.9 Å². The Hall–Kier alpha value is -2.64. The smallest absolute Gasteiger partial charge is 0.150 e. The zero-order valence-electron chi connectivity index (χ0n) is 17.7. The number of nitrogens with zero attached hydrogens (tertiary/aromatic N) is 2. The first-order chi connectivity index (χ1) is 15.5. The van der Waals surface area contributed by atoms with E-state index >= 15 is 0 Å². The molecule has 0 radical (unpaired) electrons. The number of thiophene rings is 1. The summed E-state index contributed by atoms with van der Waals surface area (Å²) in [5, 5.41) is 0.713. The maximum absolute atomic E-state index is 11.4. The molecule has 0 saturated heterocycles. The number of hydrogen-bond donors (Lipinski definition) is 1. The highest BCUT2D eigenvalue weighted by Crippen LogP contribution is 2.36. The van der Waals surface area contributed by atoms with Crippen molar-refractivity contribution in [3.63, 3.8) is 0 Å². The number of hydrogen-bond acceptors (Lipinski definition) is 6. The monoisotopic (exact) mass is 479 g/mol. The molecule has 32 heavy (non-hydrogen) atoms. The van der Waals surface area contributed by atoms with Gasteiger partial charge in [-0.3, -0.25) is 9.78 Å². The van der Waals surface area contributed by atoms with Crippen LogP contribution in [0, 0.1) is 0 Å². The van der Waals surface area contributed by atoms with Crippen molar-refractivity contribution in [2.24, 2.45) is 0 Å². The van der Waals surface area contributed by atoms with E-state index in [1.807, 2.05) is 56.7 Å². The van der Waals surface area contributed by atoms with Crippen LogP contribution in [0.25, 0.3) is 20.9 Å². The minimum Gasteiger partial charge on any atom is -0.324 e. The standard InChI is InChI=1S/C25H22ClN3OS2/c1-29(2)15-20-10-17(6-7-18(20)16-30)24-8-9-25(31-24)19-11-22(14-27-13-19)28-32-23-5-3-4-21(26)12-23/h3-14,16,28H,15H2,1-2H3. The van der Waals surface area contributed by atoms with Gasteiger partial charge in [0.05, 0.1) is 11.9 Å². The van der Waals surface area contributed by atoms with Crippen molar-refractivity contribution < 1.29 is 4.79 Å². The van der Waals surface area contributed by atoms with Crippen molar-refractivity contribution in [3.05, 3.63) is 89.2 Å². The summed E-state index contributed by atoms with van der Waals surface area (Å²) < 4.78 is 3.34. The Balaban J connectivity index is 1.54. The van der Waals surface area contributed by atoms with E-state index < -0.39 is 0 Å². The van der Waals surface area contributed by atoms with E-state index in [2.05, 4.69) is 38.9 Å². The zero-order chi connectivity index (χ0) is 22.5. The van der Waals surface area contributed by atoms with E-state index in [1.165, 1.54) is 11.9 Å². The third-order valence-corrected chi connectivity index (χ3v) is 7.00. The Kier molecular flexibility index (Phi) is 7.27. The second-order valence-electron chi connectivity index (χ2n) is 7.56. The van der Waals surface area contributed by atoms with Gasteiger partial charge in [0.2, 0.25) is 0 Å². The number of rotatable bonds is 8. The highest BCUT2D eigenvalue weighted by Gasteiger charge is 2.10. The minimum absolute atomic E-state index is 0.713. The molecule has 7 heteroatoms. The molecule has 2 aromatic heterocycles. The van der Waals surface area contributed by atoms with Crippen LogP contribution in [0.5, 0.6) is 0 Å². The molecule has 0 amide bonds. The van der Waals surface area contributed by atoms with Gasteiger partial charge in [0, 0.05) is 43.5 Å². The van der Waals surface area contributed by atoms with Crippen molar-refractivity contribution in [1.29, 1.82) is 0 Å². The fourth-order valence-electron chi connectivity index (χ4n) is 3.28. The first-order valence-electron chi connectivity index (χ1n) is 9.99. The molecule has 0 aliphatic rings. The number of aldehydes is 1. The fraction of sp³-hybridized carbons (Fsp3) is 0.120. The lowest BCUT2D eigenvalue weighted by molar-refractivity contribution is 0.112. The molecule has 2 aromatic carbocycles. The summed E-state index contributed by atoms with van der Waals surface area (Å²) >= 11 is 9.28. The minimum atomic E-state index is 0.713. The maximum atomic E-state index is 11.4. The number of carbonyl (C=O) groups excluding carboxylic acids is 1. The van der Waals surface area contributed by atoms with Crippen LogP contribution in [0.4, 0.5) is 5.69 Å². The van der Waals surface area contributed by atoms with Gasteiger partial charge in [-0.2, -0.15) is 0 Å². The molecule has 4 aromatic rings. The summed E-state index contributed by atoms with van der Waals surface area (Å²) in [4.78, 5) is 21.2. The van der Waals surface area contributed by atoms with Crippen LogP contribution in [0.15, 0.2) is 78.0 Å². The Labute approximate surface area is 201 Å². The Morgan fingerprint density at radius 2 is 1.84 bits per heavy atom. The molecule has 0 spiro atoms. The number of anilines is 1. The topological polar surface area (TPSA) is 45.2 Å². The van der Waals surface area contributed by atoms with E-state index in [0.29, 0.717) is 5.02 Å². The second-order valence-corrected chi connectivity index (χ2v) is 9.96. The molecule has 0 aliphatic carbocycles. The molecule has 0 fully saturated rings. The van der Waals surface area contributed by atoms with E-state index in [-0.39, 0.29) is 0 Å². The van der Waals surface area contributed by atoms with Gasteiger partial charge < -0.3 is 9.62 Å². The van der Waals surface area contributed by atoms with E-state index in [9.17, 15) is 4.79 Å². The summed E-state index contributed by atoms with van der Waals surface area (Å²) in [6.07, 6.45) is 4.60. The van der Waals surface area contributed by atoms with Gasteiger partial charge in [-0.15, -0.1) is 11.3 Å². The second kappa shape index (κ2) is 10.3. The molecular formula is C25H22ClN3OS2. The summed E-state index contributed by atoms with van der Waals surface area (Å²) in [5.41, 5.74) is 4.85. The molecule has 4 rings (SSSR count).